The lowest BCUT2D eigenvalue weighted by Gasteiger charge is -2.16. The highest BCUT2D eigenvalue weighted by Crippen LogP contribution is 2.39. The molecule has 1 aromatic carbocycles. The highest BCUT2D eigenvalue weighted by molar-refractivity contribution is 7.19. The highest BCUT2D eigenvalue weighted by atomic mass is 32.1. The summed E-state index contributed by atoms with van der Waals surface area (Å²) in [6, 6.07) is 8.00. The quantitative estimate of drug-likeness (QED) is 0.536. The molecule has 1 N–H and O–H groups in total. The summed E-state index contributed by atoms with van der Waals surface area (Å²) >= 11 is 1.77. The van der Waals surface area contributed by atoms with Crippen LogP contribution in [0.1, 0.15) is 42.2 Å². The number of hydrogen-bond donors (Lipinski definition) is 1. The summed E-state index contributed by atoms with van der Waals surface area (Å²) in [5.74, 6) is 0.967. The third-order valence-corrected chi connectivity index (χ3v) is 6.68. The van der Waals surface area contributed by atoms with Gasteiger partial charge in [0.2, 0.25) is 5.91 Å². The number of carbonyl (C=O) groups excluding carboxylic acids is 1. The van der Waals surface area contributed by atoms with E-state index >= 15 is 0 Å². The van der Waals surface area contributed by atoms with Gasteiger partial charge in [-0.3, -0.25) is 10.2 Å². The van der Waals surface area contributed by atoms with Crippen LogP contribution in [0.3, 0.4) is 0 Å². The van der Waals surface area contributed by atoms with Gasteiger partial charge in [-0.2, -0.15) is 5.10 Å². The molecular weight excluding hydrogens is 370 g/mol. The Balaban J connectivity index is 1.43. The minimum absolute atomic E-state index is 0.194. The Morgan fingerprint density at radius 1 is 1.21 bits per heavy atom. The molecule has 0 saturated carbocycles. The Bertz CT molecular complexity index is 1100. The fourth-order valence-electron chi connectivity index (χ4n) is 4.03. The van der Waals surface area contributed by atoms with Gasteiger partial charge in [0.25, 0.3) is 0 Å². The van der Waals surface area contributed by atoms with E-state index in [4.69, 9.17) is 0 Å². The van der Waals surface area contributed by atoms with E-state index in [2.05, 4.69) is 20.5 Å². The summed E-state index contributed by atoms with van der Waals surface area (Å²) in [6.45, 7) is 2.76. The number of amides is 1. The van der Waals surface area contributed by atoms with Crippen LogP contribution in [-0.4, -0.2) is 28.1 Å². The van der Waals surface area contributed by atoms with Gasteiger partial charge in [-0.15, -0.1) is 11.3 Å². The van der Waals surface area contributed by atoms with Crippen molar-refractivity contribution in [2.24, 2.45) is 5.10 Å². The third kappa shape index (κ3) is 2.96. The van der Waals surface area contributed by atoms with Crippen molar-refractivity contribution in [1.29, 1.82) is 0 Å². The largest absolute Gasteiger partial charge is 0.312 e. The Kier molecular flexibility index (Phi) is 4.31. The molecule has 0 unspecified atom stereocenters. The van der Waals surface area contributed by atoms with Gasteiger partial charge in [-0.05, 0) is 55.9 Å². The first-order chi connectivity index (χ1) is 13.7. The van der Waals surface area contributed by atoms with Crippen molar-refractivity contribution in [3.8, 4) is 0 Å². The number of nitrogens with one attached hydrogen (secondary N) is 1. The van der Waals surface area contributed by atoms with Gasteiger partial charge in [0.05, 0.1) is 11.1 Å². The minimum atomic E-state index is 0.194. The average Bonchev–Trinajstić information content (AvgIpc) is 3.42. The number of aryl methyl sites for hydroxylation is 2. The van der Waals surface area contributed by atoms with Crippen LogP contribution < -0.4 is 10.3 Å². The number of thiophene rings is 1. The van der Waals surface area contributed by atoms with Gasteiger partial charge in [-0.25, -0.2) is 9.97 Å². The molecule has 0 radical (unpaired) electrons. The molecule has 142 valence electrons. The van der Waals surface area contributed by atoms with Crippen molar-refractivity contribution < 1.29 is 4.79 Å². The fraction of sp³-hybridized carbons (Fsp3) is 0.333. The maximum Gasteiger partial charge on any atom is 0.227 e. The van der Waals surface area contributed by atoms with Crippen LogP contribution >= 0.6 is 11.3 Å². The second-order valence-corrected chi connectivity index (χ2v) is 8.35. The molecule has 0 atom stereocenters. The number of rotatable bonds is 4. The number of hydrazone groups is 1. The summed E-state index contributed by atoms with van der Waals surface area (Å²) in [5, 5.41) is 5.70. The van der Waals surface area contributed by atoms with Crippen molar-refractivity contribution >= 4 is 44.7 Å². The molecule has 1 aliphatic heterocycles. The molecule has 0 bridgehead atoms. The molecule has 1 aliphatic carbocycles. The van der Waals surface area contributed by atoms with Crippen molar-refractivity contribution in [2.75, 3.05) is 16.9 Å². The molecule has 28 heavy (non-hydrogen) atoms. The van der Waals surface area contributed by atoms with Crippen LogP contribution in [-0.2, 0) is 17.6 Å². The zero-order valence-corrected chi connectivity index (χ0v) is 16.6. The predicted octanol–water partition coefficient (Wildman–Crippen LogP) is 4.14. The molecule has 1 amide bonds. The first-order valence-electron chi connectivity index (χ1n) is 9.67. The lowest BCUT2D eigenvalue weighted by atomic mass is 10.1. The van der Waals surface area contributed by atoms with Gasteiger partial charge in [0.15, 0.2) is 5.82 Å². The second-order valence-electron chi connectivity index (χ2n) is 7.27. The van der Waals surface area contributed by atoms with Gasteiger partial charge in [0, 0.05) is 23.5 Å². The lowest BCUT2D eigenvalue weighted by molar-refractivity contribution is -0.117. The van der Waals surface area contributed by atoms with Gasteiger partial charge >= 0.3 is 0 Å². The van der Waals surface area contributed by atoms with Crippen LogP contribution in [0, 0.1) is 0 Å². The Morgan fingerprint density at radius 2 is 2.14 bits per heavy atom. The standard InChI is InChI=1S/C21H21N5OS/c1-13(14-5-2-6-15(11-14)26-10-4-9-18(26)27)24-25-20-19-16-7-3-8-17(16)28-21(19)23-12-22-20/h2,5-6,11-12H,3-4,7-10H2,1H3,(H,22,23,25)/b24-13-. The van der Waals surface area contributed by atoms with E-state index in [1.807, 2.05) is 36.1 Å². The molecule has 6 nitrogen and oxygen atoms in total. The molecule has 1 fully saturated rings. The third-order valence-electron chi connectivity index (χ3n) is 5.48. The van der Waals surface area contributed by atoms with Crippen LogP contribution in [0.25, 0.3) is 10.2 Å². The number of carbonyl (C=O) groups is 1. The van der Waals surface area contributed by atoms with Gasteiger partial charge < -0.3 is 4.90 Å². The number of anilines is 2. The topological polar surface area (TPSA) is 70.5 Å². The summed E-state index contributed by atoms with van der Waals surface area (Å²) < 4.78 is 0. The summed E-state index contributed by atoms with van der Waals surface area (Å²) in [4.78, 5) is 25.2. The van der Waals surface area contributed by atoms with Crippen LogP contribution in [0.5, 0.6) is 0 Å². The van der Waals surface area contributed by atoms with Crippen molar-refractivity contribution in [3.63, 3.8) is 0 Å². The monoisotopic (exact) mass is 391 g/mol. The Hall–Kier alpha value is -2.80. The van der Waals surface area contributed by atoms with Crippen molar-refractivity contribution in [2.45, 2.75) is 39.0 Å². The van der Waals surface area contributed by atoms with Crippen molar-refractivity contribution in [3.05, 3.63) is 46.6 Å². The van der Waals surface area contributed by atoms with Crippen LogP contribution in [0.2, 0.25) is 0 Å². The molecule has 2 aliphatic rings. The number of hydrogen-bond acceptors (Lipinski definition) is 6. The maximum absolute atomic E-state index is 12.0. The van der Waals surface area contributed by atoms with E-state index in [-0.39, 0.29) is 5.91 Å². The number of benzene rings is 1. The predicted molar refractivity (Wildman–Crippen MR) is 113 cm³/mol. The normalized spacial score (nSPS) is 16.8. The van der Waals surface area contributed by atoms with E-state index < -0.39 is 0 Å². The molecule has 1 saturated heterocycles. The minimum Gasteiger partial charge on any atom is -0.312 e. The zero-order chi connectivity index (χ0) is 19.1. The number of nitrogens with zero attached hydrogens (tertiary/aromatic N) is 4. The van der Waals surface area contributed by atoms with Crippen LogP contribution in [0.15, 0.2) is 35.7 Å². The van der Waals surface area contributed by atoms with E-state index in [1.54, 1.807) is 17.7 Å². The summed E-state index contributed by atoms with van der Waals surface area (Å²) in [5.41, 5.74) is 7.33. The van der Waals surface area contributed by atoms with E-state index in [9.17, 15) is 4.79 Å². The van der Waals surface area contributed by atoms with E-state index in [0.29, 0.717) is 6.42 Å². The van der Waals surface area contributed by atoms with Gasteiger partial charge in [-0.1, -0.05) is 12.1 Å². The molecule has 3 heterocycles. The lowest BCUT2D eigenvalue weighted by Crippen LogP contribution is -2.23. The summed E-state index contributed by atoms with van der Waals surface area (Å²) in [6.07, 6.45) is 6.59. The number of aromatic nitrogens is 2. The fourth-order valence-corrected chi connectivity index (χ4v) is 5.26. The second kappa shape index (κ2) is 6.98. The van der Waals surface area contributed by atoms with E-state index in [0.717, 1.165) is 58.8 Å². The maximum atomic E-state index is 12.0. The van der Waals surface area contributed by atoms with Gasteiger partial charge in [0.1, 0.15) is 11.2 Å². The first kappa shape index (κ1) is 17.3. The zero-order valence-electron chi connectivity index (χ0n) is 15.7. The molecule has 7 heteroatoms. The molecule has 5 rings (SSSR count). The smallest absolute Gasteiger partial charge is 0.227 e. The van der Waals surface area contributed by atoms with Crippen LogP contribution in [0.4, 0.5) is 11.5 Å². The Labute approximate surface area is 167 Å². The van der Waals surface area contributed by atoms with Crippen molar-refractivity contribution in [1.82, 2.24) is 9.97 Å². The Morgan fingerprint density at radius 3 is 3.00 bits per heavy atom. The molecule has 2 aromatic heterocycles. The number of fused-ring (bicyclic) bond motifs is 3. The molecular formula is C21H21N5OS. The first-order valence-corrected chi connectivity index (χ1v) is 10.5. The average molecular weight is 392 g/mol. The van der Waals surface area contributed by atoms with E-state index in [1.165, 1.54) is 16.9 Å². The molecule has 3 aromatic rings. The SMILES string of the molecule is C/C(=N/Nc1ncnc2sc3c(c12)CCC3)c1cccc(N2CCCC2=O)c1. The molecule has 0 spiro atoms. The summed E-state index contributed by atoms with van der Waals surface area (Å²) in [7, 11) is 0. The highest BCUT2D eigenvalue weighted by Gasteiger charge is 2.22.